The van der Waals surface area contributed by atoms with Gasteiger partial charge >= 0.3 is 0 Å². The molecule has 5 heteroatoms. The Morgan fingerprint density at radius 2 is 2.45 bits per heavy atom. The van der Waals surface area contributed by atoms with Crippen LogP contribution in [0.25, 0.3) is 0 Å². The number of hydrogen-bond acceptors (Lipinski definition) is 4. The summed E-state index contributed by atoms with van der Waals surface area (Å²) in [5, 5.41) is 3.36. The SMILES string of the molecule is CCCN(C)CC(=O)N1CCNCC1c1cccnc1. The molecule has 2 rings (SSSR count). The summed E-state index contributed by atoms with van der Waals surface area (Å²) in [4.78, 5) is 20.7. The van der Waals surface area contributed by atoms with Crippen molar-refractivity contribution in [1.29, 1.82) is 0 Å². The van der Waals surface area contributed by atoms with Crippen molar-refractivity contribution in [1.82, 2.24) is 20.1 Å². The van der Waals surface area contributed by atoms with Crippen molar-refractivity contribution in [3.8, 4) is 0 Å². The maximum absolute atomic E-state index is 12.5. The van der Waals surface area contributed by atoms with Crippen LogP contribution < -0.4 is 5.32 Å². The van der Waals surface area contributed by atoms with E-state index in [0.717, 1.165) is 38.2 Å². The molecule has 1 aliphatic heterocycles. The monoisotopic (exact) mass is 276 g/mol. The highest BCUT2D eigenvalue weighted by Crippen LogP contribution is 2.21. The lowest BCUT2D eigenvalue weighted by Crippen LogP contribution is -2.51. The van der Waals surface area contributed by atoms with Crippen molar-refractivity contribution in [3.05, 3.63) is 30.1 Å². The van der Waals surface area contributed by atoms with Gasteiger partial charge in [-0.2, -0.15) is 0 Å². The summed E-state index contributed by atoms with van der Waals surface area (Å²) >= 11 is 0. The number of nitrogens with zero attached hydrogens (tertiary/aromatic N) is 3. The van der Waals surface area contributed by atoms with E-state index in [-0.39, 0.29) is 11.9 Å². The first-order valence-corrected chi connectivity index (χ1v) is 7.31. The number of hydrogen-bond donors (Lipinski definition) is 1. The van der Waals surface area contributed by atoms with Gasteiger partial charge in [-0.15, -0.1) is 0 Å². The summed E-state index contributed by atoms with van der Waals surface area (Å²) in [6, 6.07) is 4.07. The van der Waals surface area contributed by atoms with E-state index >= 15 is 0 Å². The Labute approximate surface area is 121 Å². The van der Waals surface area contributed by atoms with Crippen LogP contribution in [0.1, 0.15) is 24.9 Å². The van der Waals surface area contributed by atoms with Gasteiger partial charge in [0.25, 0.3) is 0 Å². The number of aromatic nitrogens is 1. The van der Waals surface area contributed by atoms with Crippen LogP contribution in [0, 0.1) is 0 Å². The molecule has 1 aromatic rings. The molecule has 1 fully saturated rings. The third kappa shape index (κ3) is 3.77. The van der Waals surface area contributed by atoms with Crippen LogP contribution in [-0.4, -0.2) is 60.5 Å². The average Bonchev–Trinajstić information content (AvgIpc) is 2.48. The lowest BCUT2D eigenvalue weighted by Gasteiger charge is -2.37. The maximum Gasteiger partial charge on any atom is 0.237 e. The minimum Gasteiger partial charge on any atom is -0.332 e. The van der Waals surface area contributed by atoms with Gasteiger partial charge in [0.05, 0.1) is 12.6 Å². The molecule has 5 nitrogen and oxygen atoms in total. The first-order chi connectivity index (χ1) is 9.72. The van der Waals surface area contributed by atoms with Crippen LogP contribution in [0.15, 0.2) is 24.5 Å². The molecule has 1 atom stereocenters. The third-order valence-corrected chi connectivity index (χ3v) is 3.64. The predicted molar refractivity (Wildman–Crippen MR) is 79.3 cm³/mol. The highest BCUT2D eigenvalue weighted by atomic mass is 16.2. The Hall–Kier alpha value is -1.46. The number of pyridine rings is 1. The second kappa shape index (κ2) is 7.36. The van der Waals surface area contributed by atoms with Gasteiger partial charge in [-0.05, 0) is 31.6 Å². The Bertz CT molecular complexity index is 423. The molecule has 0 aliphatic carbocycles. The van der Waals surface area contributed by atoms with Gasteiger partial charge in [-0.25, -0.2) is 0 Å². The fourth-order valence-corrected chi connectivity index (χ4v) is 2.66. The fraction of sp³-hybridized carbons (Fsp3) is 0.600. The fourth-order valence-electron chi connectivity index (χ4n) is 2.66. The zero-order chi connectivity index (χ0) is 14.4. The normalized spacial score (nSPS) is 19.4. The minimum atomic E-state index is 0.0972. The van der Waals surface area contributed by atoms with Crippen LogP contribution in [0.3, 0.4) is 0 Å². The molecule has 110 valence electrons. The first-order valence-electron chi connectivity index (χ1n) is 7.31. The molecule has 1 saturated heterocycles. The number of likely N-dealkylation sites (N-methyl/N-ethyl adjacent to an activating group) is 1. The highest BCUT2D eigenvalue weighted by Gasteiger charge is 2.28. The van der Waals surface area contributed by atoms with E-state index < -0.39 is 0 Å². The second-order valence-electron chi connectivity index (χ2n) is 5.33. The molecule has 1 aromatic heterocycles. The van der Waals surface area contributed by atoms with Crippen molar-refractivity contribution in [2.24, 2.45) is 0 Å². The second-order valence-corrected chi connectivity index (χ2v) is 5.33. The van der Waals surface area contributed by atoms with Crippen molar-refractivity contribution in [2.45, 2.75) is 19.4 Å². The third-order valence-electron chi connectivity index (χ3n) is 3.64. The van der Waals surface area contributed by atoms with E-state index in [1.165, 1.54) is 0 Å². The van der Waals surface area contributed by atoms with Crippen LogP contribution >= 0.6 is 0 Å². The molecule has 1 N–H and O–H groups in total. The Kier molecular flexibility index (Phi) is 5.49. The van der Waals surface area contributed by atoms with Crippen molar-refractivity contribution >= 4 is 5.91 Å². The molecule has 20 heavy (non-hydrogen) atoms. The van der Waals surface area contributed by atoms with Crippen molar-refractivity contribution in [2.75, 3.05) is 39.8 Å². The summed E-state index contributed by atoms with van der Waals surface area (Å²) in [7, 11) is 2.00. The van der Waals surface area contributed by atoms with E-state index in [4.69, 9.17) is 0 Å². The predicted octanol–water partition coefficient (Wildman–Crippen LogP) is 0.896. The molecule has 0 aromatic carbocycles. The van der Waals surface area contributed by atoms with E-state index in [9.17, 15) is 4.79 Å². The smallest absolute Gasteiger partial charge is 0.237 e. The van der Waals surface area contributed by atoms with Gasteiger partial charge in [0.1, 0.15) is 0 Å². The van der Waals surface area contributed by atoms with Crippen molar-refractivity contribution < 1.29 is 4.79 Å². The molecule has 1 aliphatic rings. The Balaban J connectivity index is 2.05. The minimum absolute atomic E-state index is 0.0972. The number of rotatable bonds is 5. The summed E-state index contributed by atoms with van der Waals surface area (Å²) < 4.78 is 0. The first kappa shape index (κ1) is 14.9. The molecule has 0 saturated carbocycles. The van der Waals surface area contributed by atoms with Crippen LogP contribution in [0.5, 0.6) is 0 Å². The van der Waals surface area contributed by atoms with Crippen LogP contribution in [-0.2, 0) is 4.79 Å². The highest BCUT2D eigenvalue weighted by molar-refractivity contribution is 5.79. The van der Waals surface area contributed by atoms with Gasteiger partial charge in [0.15, 0.2) is 0 Å². The van der Waals surface area contributed by atoms with E-state index in [2.05, 4.69) is 22.1 Å². The molecular formula is C15H24N4O. The molecule has 2 heterocycles. The summed E-state index contributed by atoms with van der Waals surface area (Å²) in [5.41, 5.74) is 1.10. The molecule has 1 unspecified atom stereocenters. The lowest BCUT2D eigenvalue weighted by molar-refractivity contribution is -0.135. The quantitative estimate of drug-likeness (QED) is 0.868. The van der Waals surface area contributed by atoms with Gasteiger partial charge < -0.3 is 10.2 Å². The van der Waals surface area contributed by atoms with E-state index in [1.54, 1.807) is 6.20 Å². The topological polar surface area (TPSA) is 48.5 Å². The van der Waals surface area contributed by atoms with E-state index in [0.29, 0.717) is 6.54 Å². The largest absolute Gasteiger partial charge is 0.332 e. The molecule has 0 spiro atoms. The lowest BCUT2D eigenvalue weighted by atomic mass is 10.1. The number of piperazine rings is 1. The molecule has 0 radical (unpaired) electrons. The Morgan fingerprint density at radius 1 is 1.60 bits per heavy atom. The number of nitrogens with one attached hydrogen (secondary N) is 1. The zero-order valence-corrected chi connectivity index (χ0v) is 12.4. The maximum atomic E-state index is 12.5. The average molecular weight is 276 g/mol. The zero-order valence-electron chi connectivity index (χ0n) is 12.4. The Morgan fingerprint density at radius 3 is 3.15 bits per heavy atom. The summed E-state index contributed by atoms with van der Waals surface area (Å²) in [5.74, 6) is 0.205. The van der Waals surface area contributed by atoms with Gasteiger partial charge in [-0.3, -0.25) is 14.7 Å². The number of carbonyl (C=O) groups is 1. The summed E-state index contributed by atoms with van der Waals surface area (Å²) in [6.45, 7) is 6.00. The van der Waals surface area contributed by atoms with Crippen LogP contribution in [0.2, 0.25) is 0 Å². The number of carbonyl (C=O) groups excluding carboxylic acids is 1. The molecular weight excluding hydrogens is 252 g/mol. The van der Waals surface area contributed by atoms with Crippen LogP contribution in [0.4, 0.5) is 0 Å². The van der Waals surface area contributed by atoms with Crippen molar-refractivity contribution in [3.63, 3.8) is 0 Å². The van der Waals surface area contributed by atoms with Gasteiger partial charge in [0.2, 0.25) is 5.91 Å². The van der Waals surface area contributed by atoms with E-state index in [1.807, 2.05) is 30.3 Å². The molecule has 0 bridgehead atoms. The number of amides is 1. The summed E-state index contributed by atoms with van der Waals surface area (Å²) in [6.07, 6.45) is 4.69. The van der Waals surface area contributed by atoms with Gasteiger partial charge in [0, 0.05) is 32.0 Å². The van der Waals surface area contributed by atoms with Gasteiger partial charge in [-0.1, -0.05) is 13.0 Å². The standard InChI is InChI=1S/C15H24N4O/c1-3-8-18(2)12-15(20)19-9-7-17-11-14(19)13-5-4-6-16-10-13/h4-6,10,14,17H,3,7-9,11-12H2,1-2H3. The molecule has 1 amide bonds.